The largest absolute Gasteiger partial charge is 0.310 e. The number of hydrogen-bond acceptors (Lipinski definition) is 4. The molecule has 0 spiro atoms. The molecule has 6 heteroatoms. The van der Waals surface area contributed by atoms with Crippen molar-refractivity contribution in [1.29, 1.82) is 0 Å². The predicted octanol–water partition coefficient (Wildman–Crippen LogP) is 3.12. The summed E-state index contributed by atoms with van der Waals surface area (Å²) in [6.45, 7) is 2.69. The minimum atomic E-state index is -3.43. The summed E-state index contributed by atoms with van der Waals surface area (Å²) in [7, 11) is -3.43. The van der Waals surface area contributed by atoms with Crippen LogP contribution in [0.2, 0.25) is 0 Å². The molecule has 1 aromatic rings. The topological polar surface area (TPSA) is 61.4 Å². The van der Waals surface area contributed by atoms with Gasteiger partial charge in [0, 0.05) is 40.6 Å². The molecular weight excluding hydrogens is 346 g/mol. The summed E-state index contributed by atoms with van der Waals surface area (Å²) < 4.78 is 28.3. The molecule has 0 aromatic heterocycles. The highest BCUT2D eigenvalue weighted by atomic mass is 32.2. The molecule has 2 aliphatic carbocycles. The average Bonchev–Trinajstić information content (AvgIpc) is 3.24. The third-order valence-corrected chi connectivity index (χ3v) is 7.85. The van der Waals surface area contributed by atoms with E-state index in [2.05, 4.69) is 14.9 Å². The van der Waals surface area contributed by atoms with Crippen molar-refractivity contribution in [3.8, 4) is 0 Å². The molecule has 1 aromatic carbocycles. The Balaban J connectivity index is 0.00000140. The van der Waals surface area contributed by atoms with Crippen LogP contribution in [0.1, 0.15) is 59.8 Å². The van der Waals surface area contributed by atoms with Crippen molar-refractivity contribution in [3.63, 3.8) is 0 Å². The molecule has 0 bridgehead atoms. The van der Waals surface area contributed by atoms with Crippen LogP contribution >= 0.6 is 0 Å². The molecular formula is C20H35N3O2S. The second-order valence-electron chi connectivity index (χ2n) is 8.19. The van der Waals surface area contributed by atoms with Crippen LogP contribution in [0.3, 0.4) is 0 Å². The summed E-state index contributed by atoms with van der Waals surface area (Å²) in [6, 6.07) is 8.72. The van der Waals surface area contributed by atoms with Gasteiger partial charge in [-0.15, -0.1) is 0 Å². The second-order valence-corrected chi connectivity index (χ2v) is 9.91. The Morgan fingerprint density at radius 3 is 2.35 bits per heavy atom. The quantitative estimate of drug-likeness (QED) is 0.762. The van der Waals surface area contributed by atoms with Crippen molar-refractivity contribution in [2.24, 2.45) is 0 Å². The van der Waals surface area contributed by atoms with Crippen LogP contribution in [0.25, 0.3) is 0 Å². The fourth-order valence-electron chi connectivity index (χ4n) is 4.43. The molecule has 1 unspecified atom stereocenters. The molecule has 4 rings (SSSR count). The molecule has 26 heavy (non-hydrogen) atoms. The zero-order valence-corrected chi connectivity index (χ0v) is 16.3. The minimum absolute atomic E-state index is 0. The van der Waals surface area contributed by atoms with Crippen molar-refractivity contribution in [1.82, 2.24) is 14.9 Å². The van der Waals surface area contributed by atoms with Crippen molar-refractivity contribution < 1.29 is 11.3 Å². The van der Waals surface area contributed by atoms with E-state index in [4.69, 9.17) is 0 Å². The summed E-state index contributed by atoms with van der Waals surface area (Å²) in [5, 5.41) is 3.57. The van der Waals surface area contributed by atoms with Crippen LogP contribution in [0.5, 0.6) is 0 Å². The lowest BCUT2D eigenvalue weighted by atomic mass is 9.92. The van der Waals surface area contributed by atoms with E-state index < -0.39 is 10.0 Å². The highest BCUT2D eigenvalue weighted by Crippen LogP contribution is 2.28. The maximum Gasteiger partial charge on any atom is 0.240 e. The molecule has 5 nitrogen and oxygen atoms in total. The Morgan fingerprint density at radius 2 is 1.69 bits per heavy atom. The van der Waals surface area contributed by atoms with Crippen LogP contribution in [0.15, 0.2) is 29.2 Å². The van der Waals surface area contributed by atoms with Crippen LogP contribution in [0, 0.1) is 0 Å². The Morgan fingerprint density at radius 1 is 0.962 bits per heavy atom. The van der Waals surface area contributed by atoms with Gasteiger partial charge in [-0.25, -0.2) is 13.1 Å². The van der Waals surface area contributed by atoms with Crippen molar-refractivity contribution >= 4 is 10.0 Å². The molecule has 3 aliphatic rings. The van der Waals surface area contributed by atoms with Gasteiger partial charge in [-0.2, -0.15) is 0 Å². The number of hydrogen-bond donors (Lipinski definition) is 2. The van der Waals surface area contributed by atoms with Gasteiger partial charge in [-0.3, -0.25) is 4.90 Å². The Kier molecular flexibility index (Phi) is 5.64. The van der Waals surface area contributed by atoms with Gasteiger partial charge in [0.2, 0.25) is 10.0 Å². The molecule has 2 N–H and O–H groups in total. The van der Waals surface area contributed by atoms with E-state index in [0.717, 1.165) is 31.6 Å². The molecule has 0 amide bonds. The first-order valence-electron chi connectivity index (χ1n) is 10.2. The zero-order chi connectivity index (χ0) is 18.0. The molecule has 1 atom stereocenters. The Labute approximate surface area is 160 Å². The number of likely N-dealkylation sites (tertiary alicyclic amines) is 1. The molecule has 1 heterocycles. The lowest BCUT2D eigenvalue weighted by molar-refractivity contribution is 0.156. The smallest absolute Gasteiger partial charge is 0.240 e. The van der Waals surface area contributed by atoms with Crippen molar-refractivity contribution in [3.05, 3.63) is 29.8 Å². The lowest BCUT2D eigenvalue weighted by Gasteiger charge is -2.34. The molecule has 2 saturated carbocycles. The number of benzene rings is 1. The van der Waals surface area contributed by atoms with E-state index in [1.54, 1.807) is 12.1 Å². The minimum Gasteiger partial charge on any atom is -0.310 e. The second kappa shape index (κ2) is 7.97. The highest BCUT2D eigenvalue weighted by molar-refractivity contribution is 7.89. The molecule has 1 saturated heterocycles. The molecule has 148 valence electrons. The highest BCUT2D eigenvalue weighted by Gasteiger charge is 2.33. The first-order valence-corrected chi connectivity index (χ1v) is 11.7. The summed E-state index contributed by atoms with van der Waals surface area (Å²) in [5.41, 5.74) is 1.15. The maximum atomic E-state index is 12.7. The van der Waals surface area contributed by atoms with Crippen molar-refractivity contribution in [2.45, 2.75) is 80.9 Å². The number of rotatable bonds is 7. The van der Waals surface area contributed by atoms with E-state index in [9.17, 15) is 8.42 Å². The van der Waals surface area contributed by atoms with E-state index in [0.29, 0.717) is 17.0 Å². The SMILES string of the molecule is O=S(=O)(NC1CCN(C2CCC2)C1)c1ccc(CNC2CCCC2)cc1.[HH].[HH]. The van der Waals surface area contributed by atoms with Gasteiger partial charge in [0.25, 0.3) is 0 Å². The van der Waals surface area contributed by atoms with Crippen LogP contribution in [-0.4, -0.2) is 44.5 Å². The lowest BCUT2D eigenvalue weighted by Crippen LogP contribution is -2.42. The zero-order valence-electron chi connectivity index (χ0n) is 15.5. The third-order valence-electron chi connectivity index (χ3n) is 6.32. The van der Waals surface area contributed by atoms with Crippen LogP contribution in [0.4, 0.5) is 0 Å². The normalized spacial score (nSPS) is 25.6. The summed E-state index contributed by atoms with van der Waals surface area (Å²) in [4.78, 5) is 2.83. The van der Waals surface area contributed by atoms with Gasteiger partial charge in [-0.1, -0.05) is 31.4 Å². The third kappa shape index (κ3) is 4.30. The van der Waals surface area contributed by atoms with E-state index >= 15 is 0 Å². The fourth-order valence-corrected chi connectivity index (χ4v) is 5.69. The van der Waals surface area contributed by atoms with Gasteiger partial charge in [0.15, 0.2) is 0 Å². The van der Waals surface area contributed by atoms with Gasteiger partial charge in [0.05, 0.1) is 4.90 Å². The van der Waals surface area contributed by atoms with Gasteiger partial charge in [0.1, 0.15) is 0 Å². The number of sulfonamides is 1. The summed E-state index contributed by atoms with van der Waals surface area (Å²) in [6.07, 6.45) is 9.94. The maximum absolute atomic E-state index is 12.7. The van der Waals surface area contributed by atoms with Crippen molar-refractivity contribution in [2.75, 3.05) is 13.1 Å². The number of nitrogens with zero attached hydrogens (tertiary/aromatic N) is 1. The summed E-state index contributed by atoms with van der Waals surface area (Å²) >= 11 is 0. The first kappa shape index (κ1) is 18.4. The molecule has 1 aliphatic heterocycles. The monoisotopic (exact) mass is 381 g/mol. The Bertz CT molecular complexity index is 705. The van der Waals surface area contributed by atoms with Gasteiger partial charge >= 0.3 is 0 Å². The van der Waals surface area contributed by atoms with E-state index in [-0.39, 0.29) is 8.90 Å². The fraction of sp³-hybridized carbons (Fsp3) is 0.700. The predicted molar refractivity (Wildman–Crippen MR) is 108 cm³/mol. The van der Waals surface area contributed by atoms with Gasteiger partial charge in [-0.05, 0) is 49.8 Å². The average molecular weight is 382 g/mol. The van der Waals surface area contributed by atoms with Crippen LogP contribution in [-0.2, 0) is 16.6 Å². The molecule has 0 radical (unpaired) electrons. The van der Waals surface area contributed by atoms with E-state index in [1.807, 2.05) is 12.1 Å². The first-order chi connectivity index (χ1) is 12.6. The number of nitrogens with one attached hydrogen (secondary N) is 2. The van der Waals surface area contributed by atoms with Gasteiger partial charge < -0.3 is 5.32 Å². The standard InChI is InChI=1S/C20H31N3O2S.2H2/c24-26(25,22-18-12-13-23(15-18)19-6-3-7-19)20-10-8-16(9-11-20)14-21-17-4-1-2-5-17;;/h8-11,17-19,21-22H,1-7,12-15H2;2*1H. The summed E-state index contributed by atoms with van der Waals surface area (Å²) in [5.74, 6) is 0. The Hall–Kier alpha value is -0.950. The van der Waals surface area contributed by atoms with E-state index in [1.165, 1.54) is 44.9 Å². The molecule has 3 fully saturated rings. The van der Waals surface area contributed by atoms with Crippen LogP contribution < -0.4 is 10.0 Å².